The van der Waals surface area contributed by atoms with Crippen molar-refractivity contribution in [3.8, 4) is 0 Å². The fraction of sp³-hybridized carbons (Fsp3) is 0.750. The van der Waals surface area contributed by atoms with Crippen LogP contribution < -0.4 is 5.32 Å². The monoisotopic (exact) mass is 249 g/mol. The van der Waals surface area contributed by atoms with Gasteiger partial charge < -0.3 is 9.73 Å². The van der Waals surface area contributed by atoms with Gasteiger partial charge in [-0.05, 0) is 43.6 Å². The van der Waals surface area contributed by atoms with Gasteiger partial charge in [0.2, 0.25) is 0 Å². The highest BCUT2D eigenvalue weighted by molar-refractivity contribution is 5.10. The first kappa shape index (κ1) is 13.7. The maximum Gasteiger partial charge on any atom is 0.0950 e. The van der Waals surface area contributed by atoms with Crippen LogP contribution in [0.5, 0.6) is 0 Å². The Kier molecular flexibility index (Phi) is 4.50. The zero-order valence-corrected chi connectivity index (χ0v) is 12.1. The molecular weight excluding hydrogens is 222 g/mol. The molecule has 1 fully saturated rings. The SMILES string of the molecule is CC1CCC(C(C)C)C(NC(C)c2ccoc2)C1. The molecule has 4 unspecified atom stereocenters. The highest BCUT2D eigenvalue weighted by atomic mass is 16.3. The minimum atomic E-state index is 0.389. The molecule has 102 valence electrons. The van der Waals surface area contributed by atoms with Crippen molar-refractivity contribution in [3.05, 3.63) is 24.2 Å². The van der Waals surface area contributed by atoms with Gasteiger partial charge in [-0.3, -0.25) is 0 Å². The molecule has 1 N–H and O–H groups in total. The second-order valence-electron chi connectivity index (χ2n) is 6.38. The van der Waals surface area contributed by atoms with E-state index in [1.54, 1.807) is 6.26 Å². The summed E-state index contributed by atoms with van der Waals surface area (Å²) in [5.41, 5.74) is 1.26. The van der Waals surface area contributed by atoms with Crippen molar-refractivity contribution in [2.75, 3.05) is 0 Å². The van der Waals surface area contributed by atoms with E-state index in [1.807, 2.05) is 6.26 Å². The van der Waals surface area contributed by atoms with Crippen LogP contribution in [0.25, 0.3) is 0 Å². The highest BCUT2D eigenvalue weighted by Gasteiger charge is 2.31. The summed E-state index contributed by atoms with van der Waals surface area (Å²) in [6.07, 6.45) is 7.69. The summed E-state index contributed by atoms with van der Waals surface area (Å²) in [4.78, 5) is 0. The standard InChI is InChI=1S/C16H27NO/c1-11(2)15-6-5-12(3)9-16(15)17-13(4)14-7-8-18-10-14/h7-8,10-13,15-17H,5-6,9H2,1-4H3. The number of furan rings is 1. The molecule has 1 aromatic rings. The third-order valence-electron chi connectivity index (χ3n) is 4.53. The first-order chi connectivity index (χ1) is 8.58. The van der Waals surface area contributed by atoms with Gasteiger partial charge in [-0.1, -0.05) is 27.2 Å². The topological polar surface area (TPSA) is 25.2 Å². The maximum atomic E-state index is 5.18. The first-order valence-electron chi connectivity index (χ1n) is 7.36. The minimum Gasteiger partial charge on any atom is -0.472 e. The average molecular weight is 249 g/mol. The van der Waals surface area contributed by atoms with E-state index in [0.717, 1.165) is 17.8 Å². The van der Waals surface area contributed by atoms with E-state index < -0.39 is 0 Å². The van der Waals surface area contributed by atoms with E-state index in [0.29, 0.717) is 12.1 Å². The second kappa shape index (κ2) is 5.92. The molecule has 0 radical (unpaired) electrons. The van der Waals surface area contributed by atoms with Gasteiger partial charge >= 0.3 is 0 Å². The quantitative estimate of drug-likeness (QED) is 0.856. The van der Waals surface area contributed by atoms with Crippen molar-refractivity contribution in [3.63, 3.8) is 0 Å². The van der Waals surface area contributed by atoms with Gasteiger partial charge in [0.05, 0.1) is 12.5 Å². The number of hydrogen-bond acceptors (Lipinski definition) is 2. The Morgan fingerprint density at radius 2 is 2.06 bits per heavy atom. The molecule has 0 spiro atoms. The van der Waals surface area contributed by atoms with Gasteiger partial charge in [-0.15, -0.1) is 0 Å². The molecule has 2 rings (SSSR count). The Bertz CT molecular complexity index is 344. The van der Waals surface area contributed by atoms with Crippen LogP contribution in [0.2, 0.25) is 0 Å². The van der Waals surface area contributed by atoms with Gasteiger partial charge in [-0.25, -0.2) is 0 Å². The lowest BCUT2D eigenvalue weighted by Crippen LogP contribution is -2.43. The van der Waals surface area contributed by atoms with Crippen LogP contribution in [0.4, 0.5) is 0 Å². The van der Waals surface area contributed by atoms with Crippen LogP contribution in [0.15, 0.2) is 23.0 Å². The van der Waals surface area contributed by atoms with Crippen LogP contribution in [0.3, 0.4) is 0 Å². The predicted molar refractivity (Wildman–Crippen MR) is 75.4 cm³/mol. The van der Waals surface area contributed by atoms with Crippen LogP contribution in [0.1, 0.15) is 58.6 Å². The summed E-state index contributed by atoms with van der Waals surface area (Å²) in [7, 11) is 0. The molecule has 18 heavy (non-hydrogen) atoms. The molecular formula is C16H27NO. The van der Waals surface area contributed by atoms with Crippen molar-refractivity contribution in [1.82, 2.24) is 5.32 Å². The van der Waals surface area contributed by atoms with Crippen LogP contribution in [0, 0.1) is 17.8 Å². The summed E-state index contributed by atoms with van der Waals surface area (Å²) < 4.78 is 5.18. The van der Waals surface area contributed by atoms with Crippen molar-refractivity contribution in [2.24, 2.45) is 17.8 Å². The fourth-order valence-electron chi connectivity index (χ4n) is 3.33. The first-order valence-corrected chi connectivity index (χ1v) is 7.36. The molecule has 1 saturated carbocycles. The van der Waals surface area contributed by atoms with E-state index in [2.05, 4.69) is 39.1 Å². The van der Waals surface area contributed by atoms with E-state index in [4.69, 9.17) is 4.42 Å². The summed E-state index contributed by atoms with van der Waals surface area (Å²) in [6.45, 7) is 9.34. The maximum absolute atomic E-state index is 5.18. The van der Waals surface area contributed by atoms with Crippen molar-refractivity contribution < 1.29 is 4.42 Å². The molecule has 1 aromatic heterocycles. The van der Waals surface area contributed by atoms with Gasteiger partial charge in [0.25, 0.3) is 0 Å². The average Bonchev–Trinajstić information content (AvgIpc) is 2.81. The van der Waals surface area contributed by atoms with Gasteiger partial charge in [0.1, 0.15) is 0 Å². The van der Waals surface area contributed by atoms with Gasteiger partial charge in [-0.2, -0.15) is 0 Å². The lowest BCUT2D eigenvalue weighted by Gasteiger charge is -2.39. The molecule has 0 saturated heterocycles. The summed E-state index contributed by atoms with van der Waals surface area (Å²) in [5.74, 6) is 2.44. The Hall–Kier alpha value is -0.760. The van der Waals surface area contributed by atoms with E-state index in [9.17, 15) is 0 Å². The van der Waals surface area contributed by atoms with Gasteiger partial charge in [0.15, 0.2) is 0 Å². The van der Waals surface area contributed by atoms with Gasteiger partial charge in [0, 0.05) is 17.6 Å². The number of hydrogen-bond donors (Lipinski definition) is 1. The molecule has 1 aliphatic rings. The fourth-order valence-corrected chi connectivity index (χ4v) is 3.33. The van der Waals surface area contributed by atoms with Crippen molar-refractivity contribution >= 4 is 0 Å². The Morgan fingerprint density at radius 1 is 1.28 bits per heavy atom. The highest BCUT2D eigenvalue weighted by Crippen LogP contribution is 2.34. The molecule has 0 bridgehead atoms. The normalized spacial score (nSPS) is 30.6. The smallest absolute Gasteiger partial charge is 0.0950 e. The number of nitrogens with one attached hydrogen (secondary N) is 1. The molecule has 0 aromatic carbocycles. The van der Waals surface area contributed by atoms with Crippen LogP contribution >= 0.6 is 0 Å². The molecule has 1 heterocycles. The summed E-state index contributed by atoms with van der Waals surface area (Å²) in [6, 6.07) is 3.10. The lowest BCUT2D eigenvalue weighted by atomic mass is 9.73. The second-order valence-corrected chi connectivity index (χ2v) is 6.38. The van der Waals surface area contributed by atoms with Crippen molar-refractivity contribution in [1.29, 1.82) is 0 Å². The number of rotatable bonds is 4. The molecule has 2 nitrogen and oxygen atoms in total. The third kappa shape index (κ3) is 3.17. The van der Waals surface area contributed by atoms with E-state index in [1.165, 1.54) is 24.8 Å². The van der Waals surface area contributed by atoms with E-state index >= 15 is 0 Å². The largest absolute Gasteiger partial charge is 0.472 e. The minimum absolute atomic E-state index is 0.389. The zero-order chi connectivity index (χ0) is 13.1. The summed E-state index contributed by atoms with van der Waals surface area (Å²) >= 11 is 0. The zero-order valence-electron chi connectivity index (χ0n) is 12.1. The van der Waals surface area contributed by atoms with E-state index in [-0.39, 0.29) is 0 Å². The summed E-state index contributed by atoms with van der Waals surface area (Å²) in [5, 5.41) is 3.82. The predicted octanol–water partition coefficient (Wildman–Crippen LogP) is 4.39. The Labute approximate surface area is 111 Å². The molecule has 0 aliphatic heterocycles. The third-order valence-corrected chi connectivity index (χ3v) is 4.53. The van der Waals surface area contributed by atoms with Crippen molar-refractivity contribution in [2.45, 2.75) is 59.0 Å². The Balaban J connectivity index is 2.00. The van der Waals surface area contributed by atoms with Crippen LogP contribution in [-0.2, 0) is 0 Å². The molecule has 2 heteroatoms. The van der Waals surface area contributed by atoms with Crippen LogP contribution in [-0.4, -0.2) is 6.04 Å². The molecule has 1 aliphatic carbocycles. The molecule has 0 amide bonds. The molecule has 4 atom stereocenters. The Morgan fingerprint density at radius 3 is 2.67 bits per heavy atom. The lowest BCUT2D eigenvalue weighted by molar-refractivity contribution is 0.161.